The minimum atomic E-state index is 0.0737. The Balaban J connectivity index is 1.74. The second-order valence-electron chi connectivity index (χ2n) is 7.24. The highest BCUT2D eigenvalue weighted by Gasteiger charge is 2.23. The molecule has 0 saturated carbocycles. The Hall–Kier alpha value is -2.12. The molecule has 0 aromatic heterocycles. The van der Waals surface area contributed by atoms with Gasteiger partial charge in [0, 0.05) is 45.8 Å². The average molecular weight is 391 g/mol. The first-order chi connectivity index (χ1) is 13.5. The molecular formula is C21H34N4O3. The van der Waals surface area contributed by atoms with Gasteiger partial charge in [0.1, 0.15) is 5.75 Å². The summed E-state index contributed by atoms with van der Waals surface area (Å²) in [6.07, 6.45) is 0. The van der Waals surface area contributed by atoms with Crippen LogP contribution in [0.2, 0.25) is 0 Å². The van der Waals surface area contributed by atoms with Crippen molar-refractivity contribution in [1.82, 2.24) is 19.6 Å². The highest BCUT2D eigenvalue weighted by molar-refractivity contribution is 5.81. The standard InChI is InChI=1S/C21H34N4O3/c1-5-24(6-2)20(26)16-22(3)17-21(27)25-13-11-23(12-14-25)15-18-7-9-19(28-4)10-8-18/h7-10H,5-6,11-17H2,1-4H3. The first-order valence-corrected chi connectivity index (χ1v) is 10.1. The predicted octanol–water partition coefficient (Wildman–Crippen LogP) is 1.14. The molecule has 156 valence electrons. The lowest BCUT2D eigenvalue weighted by Gasteiger charge is -2.35. The van der Waals surface area contributed by atoms with E-state index >= 15 is 0 Å². The number of nitrogens with zero attached hydrogens (tertiary/aromatic N) is 4. The van der Waals surface area contributed by atoms with Crippen LogP contribution in [0, 0.1) is 0 Å². The SMILES string of the molecule is CCN(CC)C(=O)CN(C)CC(=O)N1CCN(Cc2ccc(OC)cc2)CC1. The summed E-state index contributed by atoms with van der Waals surface area (Å²) in [6, 6.07) is 8.12. The zero-order valence-corrected chi connectivity index (χ0v) is 17.7. The third-order valence-electron chi connectivity index (χ3n) is 5.22. The Kier molecular flexibility index (Phi) is 8.73. The summed E-state index contributed by atoms with van der Waals surface area (Å²) in [4.78, 5) is 32.6. The Morgan fingerprint density at radius 3 is 2.14 bits per heavy atom. The van der Waals surface area contributed by atoms with Crippen LogP contribution < -0.4 is 4.74 Å². The van der Waals surface area contributed by atoms with E-state index in [1.54, 1.807) is 12.0 Å². The van der Waals surface area contributed by atoms with Gasteiger partial charge in [0.15, 0.2) is 0 Å². The van der Waals surface area contributed by atoms with Gasteiger partial charge in [0.2, 0.25) is 11.8 Å². The molecule has 1 fully saturated rings. The van der Waals surface area contributed by atoms with Crippen LogP contribution >= 0.6 is 0 Å². The third kappa shape index (κ3) is 6.49. The lowest BCUT2D eigenvalue weighted by atomic mass is 10.2. The van der Waals surface area contributed by atoms with Crippen molar-refractivity contribution in [2.45, 2.75) is 20.4 Å². The lowest BCUT2D eigenvalue weighted by molar-refractivity contribution is -0.136. The van der Waals surface area contributed by atoms with Gasteiger partial charge in [-0.05, 0) is 38.6 Å². The minimum Gasteiger partial charge on any atom is -0.497 e. The van der Waals surface area contributed by atoms with Gasteiger partial charge in [-0.3, -0.25) is 19.4 Å². The summed E-state index contributed by atoms with van der Waals surface area (Å²) in [7, 11) is 3.50. The van der Waals surface area contributed by atoms with Crippen molar-refractivity contribution in [2.75, 3.05) is 66.5 Å². The fourth-order valence-electron chi connectivity index (χ4n) is 3.44. The number of benzene rings is 1. The maximum atomic E-state index is 12.6. The maximum Gasteiger partial charge on any atom is 0.236 e. The van der Waals surface area contributed by atoms with Crippen LogP contribution in [-0.4, -0.2) is 97.9 Å². The van der Waals surface area contributed by atoms with Gasteiger partial charge in [-0.2, -0.15) is 0 Å². The van der Waals surface area contributed by atoms with E-state index in [2.05, 4.69) is 17.0 Å². The van der Waals surface area contributed by atoms with Crippen molar-refractivity contribution in [3.63, 3.8) is 0 Å². The van der Waals surface area contributed by atoms with Crippen LogP contribution in [0.5, 0.6) is 5.75 Å². The molecule has 0 aliphatic carbocycles. The molecule has 2 rings (SSSR count). The first-order valence-electron chi connectivity index (χ1n) is 10.1. The molecule has 1 aliphatic heterocycles. The van der Waals surface area contributed by atoms with E-state index in [1.165, 1.54) is 5.56 Å². The molecule has 1 aliphatic rings. The molecule has 1 aromatic carbocycles. The fraction of sp³-hybridized carbons (Fsp3) is 0.619. The van der Waals surface area contributed by atoms with Crippen LogP contribution in [0.3, 0.4) is 0 Å². The first kappa shape index (κ1) is 22.2. The van der Waals surface area contributed by atoms with E-state index in [9.17, 15) is 9.59 Å². The Morgan fingerprint density at radius 1 is 1.00 bits per heavy atom. The van der Waals surface area contributed by atoms with E-state index in [0.29, 0.717) is 13.1 Å². The number of methoxy groups -OCH3 is 1. The molecule has 0 N–H and O–H groups in total. The predicted molar refractivity (Wildman–Crippen MR) is 110 cm³/mol. The van der Waals surface area contributed by atoms with E-state index in [1.807, 2.05) is 42.8 Å². The van der Waals surface area contributed by atoms with Crippen LogP contribution in [0.1, 0.15) is 19.4 Å². The van der Waals surface area contributed by atoms with Gasteiger partial charge in [-0.25, -0.2) is 0 Å². The second kappa shape index (κ2) is 11.0. The van der Waals surface area contributed by atoms with E-state index in [-0.39, 0.29) is 24.9 Å². The summed E-state index contributed by atoms with van der Waals surface area (Å²) < 4.78 is 5.20. The van der Waals surface area contributed by atoms with Crippen LogP contribution in [0.4, 0.5) is 0 Å². The summed E-state index contributed by atoms with van der Waals surface area (Å²) in [5, 5.41) is 0. The van der Waals surface area contributed by atoms with Gasteiger partial charge in [-0.1, -0.05) is 12.1 Å². The molecule has 1 heterocycles. The zero-order valence-electron chi connectivity index (χ0n) is 17.7. The maximum absolute atomic E-state index is 12.6. The fourth-order valence-corrected chi connectivity index (χ4v) is 3.44. The number of piperazine rings is 1. The zero-order chi connectivity index (χ0) is 20.5. The summed E-state index contributed by atoms with van der Waals surface area (Å²) in [6.45, 7) is 9.97. The minimum absolute atomic E-state index is 0.0737. The molecule has 2 amide bonds. The molecule has 0 radical (unpaired) electrons. The number of carbonyl (C=O) groups excluding carboxylic acids is 2. The smallest absolute Gasteiger partial charge is 0.236 e. The van der Waals surface area contributed by atoms with Gasteiger partial charge < -0.3 is 14.5 Å². The van der Waals surface area contributed by atoms with Gasteiger partial charge >= 0.3 is 0 Å². The number of amides is 2. The van der Waals surface area contributed by atoms with Crippen LogP contribution in [-0.2, 0) is 16.1 Å². The quantitative estimate of drug-likeness (QED) is 0.633. The van der Waals surface area contributed by atoms with Crippen molar-refractivity contribution in [3.05, 3.63) is 29.8 Å². The number of hydrogen-bond acceptors (Lipinski definition) is 5. The van der Waals surface area contributed by atoms with Crippen molar-refractivity contribution in [2.24, 2.45) is 0 Å². The van der Waals surface area contributed by atoms with E-state index in [0.717, 1.165) is 38.5 Å². The van der Waals surface area contributed by atoms with E-state index in [4.69, 9.17) is 4.74 Å². The molecule has 0 atom stereocenters. The molecule has 0 spiro atoms. The normalized spacial score (nSPS) is 15.0. The molecule has 7 nitrogen and oxygen atoms in total. The molecule has 0 unspecified atom stereocenters. The largest absolute Gasteiger partial charge is 0.497 e. The third-order valence-corrected chi connectivity index (χ3v) is 5.22. The van der Waals surface area contributed by atoms with Gasteiger partial charge in [0.05, 0.1) is 20.2 Å². The average Bonchev–Trinajstić information content (AvgIpc) is 2.70. The number of carbonyl (C=O) groups is 2. The number of ether oxygens (including phenoxy) is 1. The van der Waals surface area contributed by atoms with Crippen molar-refractivity contribution in [1.29, 1.82) is 0 Å². The Labute approximate surface area is 168 Å². The highest BCUT2D eigenvalue weighted by atomic mass is 16.5. The molecule has 28 heavy (non-hydrogen) atoms. The Bertz CT molecular complexity index is 623. The van der Waals surface area contributed by atoms with Crippen molar-refractivity contribution >= 4 is 11.8 Å². The van der Waals surface area contributed by atoms with Crippen LogP contribution in [0.25, 0.3) is 0 Å². The number of rotatable bonds is 9. The summed E-state index contributed by atoms with van der Waals surface area (Å²) >= 11 is 0. The lowest BCUT2D eigenvalue weighted by Crippen LogP contribution is -2.51. The topological polar surface area (TPSA) is 56.3 Å². The summed E-state index contributed by atoms with van der Waals surface area (Å²) in [5.74, 6) is 1.03. The van der Waals surface area contributed by atoms with Crippen LogP contribution in [0.15, 0.2) is 24.3 Å². The van der Waals surface area contributed by atoms with Gasteiger partial charge in [0.25, 0.3) is 0 Å². The molecule has 1 aromatic rings. The Morgan fingerprint density at radius 2 is 1.61 bits per heavy atom. The number of likely N-dealkylation sites (N-methyl/N-ethyl adjacent to an activating group) is 2. The van der Waals surface area contributed by atoms with Crippen molar-refractivity contribution in [3.8, 4) is 5.75 Å². The molecule has 7 heteroatoms. The highest BCUT2D eigenvalue weighted by Crippen LogP contribution is 2.14. The number of hydrogen-bond donors (Lipinski definition) is 0. The van der Waals surface area contributed by atoms with E-state index < -0.39 is 0 Å². The monoisotopic (exact) mass is 390 g/mol. The second-order valence-corrected chi connectivity index (χ2v) is 7.24. The molecular weight excluding hydrogens is 356 g/mol. The van der Waals surface area contributed by atoms with Crippen molar-refractivity contribution < 1.29 is 14.3 Å². The molecule has 0 bridgehead atoms. The molecule has 1 saturated heterocycles. The summed E-state index contributed by atoms with van der Waals surface area (Å²) in [5.41, 5.74) is 1.25. The van der Waals surface area contributed by atoms with Gasteiger partial charge in [-0.15, -0.1) is 0 Å².